The lowest BCUT2D eigenvalue weighted by Gasteiger charge is -2.07. The Morgan fingerprint density at radius 1 is 1.24 bits per heavy atom. The van der Waals surface area contributed by atoms with Crippen LogP contribution in [0.1, 0.15) is 21.5 Å². The minimum Gasteiger partial charge on any atom is -0.496 e. The molecule has 25 heavy (non-hydrogen) atoms. The number of aromatic hydroxyl groups is 1. The highest BCUT2D eigenvalue weighted by molar-refractivity contribution is 6.04. The van der Waals surface area contributed by atoms with Crippen molar-refractivity contribution in [3.05, 3.63) is 53.1 Å². The van der Waals surface area contributed by atoms with Crippen LogP contribution in [0.2, 0.25) is 0 Å². The summed E-state index contributed by atoms with van der Waals surface area (Å²) in [6, 6.07) is 10.7. The lowest BCUT2D eigenvalue weighted by molar-refractivity contribution is 0.0597. The van der Waals surface area contributed by atoms with Gasteiger partial charge in [0.25, 0.3) is 0 Å². The van der Waals surface area contributed by atoms with Crippen LogP contribution in [0.3, 0.4) is 0 Å². The number of benzene rings is 2. The van der Waals surface area contributed by atoms with Crippen LogP contribution in [-0.4, -0.2) is 36.5 Å². The Balaban J connectivity index is 2.01. The third kappa shape index (κ3) is 3.06. The topological polar surface area (TPSA) is 83.9 Å². The van der Waals surface area contributed by atoms with E-state index in [1.54, 1.807) is 24.4 Å². The third-order valence-corrected chi connectivity index (χ3v) is 3.98. The molecule has 0 aliphatic heterocycles. The SMILES string of the molecule is COC(=O)c1ccc(N=Cc2c(O)[nH]c3cccc(C)c23)cc1OC. The molecule has 0 aliphatic rings. The number of nitrogens with one attached hydrogen (secondary N) is 1. The molecular formula is C19H18N2O4. The van der Waals surface area contributed by atoms with Crippen LogP contribution in [0, 0.1) is 6.92 Å². The number of carbonyl (C=O) groups excluding carboxylic acids is 1. The van der Waals surface area contributed by atoms with Crippen molar-refractivity contribution in [3.63, 3.8) is 0 Å². The van der Waals surface area contributed by atoms with E-state index in [1.165, 1.54) is 14.2 Å². The van der Waals surface area contributed by atoms with Gasteiger partial charge in [0.05, 0.1) is 25.5 Å². The molecule has 128 valence electrons. The number of nitrogens with zero attached hydrogens (tertiary/aromatic N) is 1. The summed E-state index contributed by atoms with van der Waals surface area (Å²) >= 11 is 0. The fourth-order valence-corrected chi connectivity index (χ4v) is 2.75. The molecule has 0 unspecified atom stereocenters. The molecule has 0 saturated carbocycles. The predicted octanol–water partition coefficient (Wildman–Crippen LogP) is 3.73. The van der Waals surface area contributed by atoms with Crippen molar-refractivity contribution >= 4 is 28.8 Å². The van der Waals surface area contributed by atoms with Gasteiger partial charge in [-0.1, -0.05) is 12.1 Å². The smallest absolute Gasteiger partial charge is 0.341 e. The second kappa shape index (κ2) is 6.68. The molecule has 0 saturated heterocycles. The number of aryl methyl sites for hydroxylation is 1. The van der Waals surface area contributed by atoms with E-state index in [2.05, 4.69) is 9.98 Å². The van der Waals surface area contributed by atoms with Gasteiger partial charge < -0.3 is 19.6 Å². The van der Waals surface area contributed by atoms with Crippen LogP contribution < -0.4 is 4.74 Å². The first kappa shape index (κ1) is 16.6. The van der Waals surface area contributed by atoms with Crippen LogP contribution >= 0.6 is 0 Å². The summed E-state index contributed by atoms with van der Waals surface area (Å²) in [5.74, 6) is -0.0377. The molecule has 6 heteroatoms. The number of aromatic amines is 1. The highest BCUT2D eigenvalue weighted by Crippen LogP contribution is 2.30. The standard InChI is InChI=1S/C19H18N2O4/c1-11-5-4-6-15-17(11)14(18(22)21-15)10-20-12-7-8-13(19(23)25-3)16(9-12)24-2/h4-10,21-22H,1-3H3. The Hall–Kier alpha value is -3.28. The number of hydrogen-bond acceptors (Lipinski definition) is 5. The number of ether oxygens (including phenoxy) is 2. The molecule has 1 heterocycles. The minimum absolute atomic E-state index is 0.0613. The number of rotatable bonds is 4. The van der Waals surface area contributed by atoms with Crippen molar-refractivity contribution in [2.75, 3.05) is 14.2 Å². The minimum atomic E-state index is -0.475. The molecule has 2 N–H and O–H groups in total. The zero-order chi connectivity index (χ0) is 18.0. The second-order valence-corrected chi connectivity index (χ2v) is 5.52. The molecule has 0 radical (unpaired) electrons. The van der Waals surface area contributed by atoms with Gasteiger partial charge in [-0.25, -0.2) is 4.79 Å². The Labute approximate surface area is 144 Å². The van der Waals surface area contributed by atoms with E-state index in [1.807, 2.05) is 25.1 Å². The maximum absolute atomic E-state index is 11.7. The van der Waals surface area contributed by atoms with Gasteiger partial charge in [0.15, 0.2) is 5.88 Å². The van der Waals surface area contributed by atoms with Gasteiger partial charge in [-0.15, -0.1) is 0 Å². The molecule has 0 aliphatic carbocycles. The second-order valence-electron chi connectivity index (χ2n) is 5.52. The maximum Gasteiger partial charge on any atom is 0.341 e. The van der Waals surface area contributed by atoms with Crippen LogP contribution in [0.4, 0.5) is 5.69 Å². The van der Waals surface area contributed by atoms with Crippen molar-refractivity contribution in [2.45, 2.75) is 6.92 Å². The normalized spacial score (nSPS) is 11.2. The Morgan fingerprint density at radius 3 is 2.76 bits per heavy atom. The molecule has 6 nitrogen and oxygen atoms in total. The molecule has 0 amide bonds. The summed E-state index contributed by atoms with van der Waals surface area (Å²) < 4.78 is 9.95. The van der Waals surface area contributed by atoms with Gasteiger partial charge in [-0.05, 0) is 30.7 Å². The molecule has 0 spiro atoms. The summed E-state index contributed by atoms with van der Waals surface area (Å²) in [5.41, 5.74) is 3.41. The molecule has 3 rings (SSSR count). The van der Waals surface area contributed by atoms with E-state index < -0.39 is 5.97 Å². The number of methoxy groups -OCH3 is 2. The van der Waals surface area contributed by atoms with E-state index in [4.69, 9.17) is 9.47 Å². The van der Waals surface area contributed by atoms with Crippen LogP contribution in [-0.2, 0) is 4.74 Å². The Bertz CT molecular complexity index is 973. The molecule has 3 aromatic rings. The summed E-state index contributed by atoms with van der Waals surface area (Å²) in [6.45, 7) is 1.97. The molecule has 0 atom stereocenters. The number of aliphatic imine (C=N–C) groups is 1. The van der Waals surface area contributed by atoms with Gasteiger partial charge in [-0.2, -0.15) is 0 Å². The largest absolute Gasteiger partial charge is 0.496 e. The van der Waals surface area contributed by atoms with Gasteiger partial charge in [0.2, 0.25) is 0 Å². The van der Waals surface area contributed by atoms with E-state index >= 15 is 0 Å². The first-order valence-corrected chi connectivity index (χ1v) is 7.66. The first-order valence-electron chi connectivity index (χ1n) is 7.66. The number of aromatic nitrogens is 1. The first-order chi connectivity index (χ1) is 12.0. The molecule has 0 bridgehead atoms. The van der Waals surface area contributed by atoms with Crippen molar-refractivity contribution < 1.29 is 19.4 Å². The summed E-state index contributed by atoms with van der Waals surface area (Å²) in [5, 5.41) is 11.1. The van der Waals surface area contributed by atoms with Gasteiger partial charge >= 0.3 is 5.97 Å². The highest BCUT2D eigenvalue weighted by atomic mass is 16.5. The molecule has 0 fully saturated rings. The number of H-pyrrole nitrogens is 1. The zero-order valence-electron chi connectivity index (χ0n) is 14.2. The van der Waals surface area contributed by atoms with Crippen molar-refractivity contribution in [1.29, 1.82) is 0 Å². The lowest BCUT2D eigenvalue weighted by Crippen LogP contribution is -2.03. The summed E-state index contributed by atoms with van der Waals surface area (Å²) in [6.07, 6.45) is 1.59. The van der Waals surface area contributed by atoms with Crippen LogP contribution in [0.5, 0.6) is 11.6 Å². The van der Waals surface area contributed by atoms with Crippen molar-refractivity contribution in [3.8, 4) is 11.6 Å². The Kier molecular flexibility index (Phi) is 4.43. The van der Waals surface area contributed by atoms with Crippen LogP contribution in [0.15, 0.2) is 41.4 Å². The van der Waals surface area contributed by atoms with E-state index in [-0.39, 0.29) is 5.88 Å². The van der Waals surface area contributed by atoms with E-state index in [0.717, 1.165) is 16.5 Å². The van der Waals surface area contributed by atoms with E-state index in [0.29, 0.717) is 22.6 Å². The average Bonchev–Trinajstić information content (AvgIpc) is 2.95. The summed E-state index contributed by atoms with van der Waals surface area (Å²) in [7, 11) is 2.79. The molecule has 1 aromatic heterocycles. The van der Waals surface area contributed by atoms with E-state index in [9.17, 15) is 9.90 Å². The predicted molar refractivity (Wildman–Crippen MR) is 96.3 cm³/mol. The number of carbonyl (C=O) groups is 1. The molecule has 2 aromatic carbocycles. The fraction of sp³-hybridized carbons (Fsp3) is 0.158. The molecular weight excluding hydrogens is 320 g/mol. The average molecular weight is 338 g/mol. The third-order valence-electron chi connectivity index (χ3n) is 3.98. The van der Waals surface area contributed by atoms with Crippen LogP contribution in [0.25, 0.3) is 10.9 Å². The Morgan fingerprint density at radius 2 is 2.04 bits per heavy atom. The highest BCUT2D eigenvalue weighted by Gasteiger charge is 2.14. The van der Waals surface area contributed by atoms with Gasteiger partial charge in [-0.3, -0.25) is 4.99 Å². The van der Waals surface area contributed by atoms with Crippen molar-refractivity contribution in [1.82, 2.24) is 4.98 Å². The number of esters is 1. The van der Waals surface area contributed by atoms with Gasteiger partial charge in [0, 0.05) is 23.2 Å². The maximum atomic E-state index is 11.7. The van der Waals surface area contributed by atoms with Gasteiger partial charge in [0.1, 0.15) is 11.3 Å². The van der Waals surface area contributed by atoms with Crippen molar-refractivity contribution in [2.24, 2.45) is 4.99 Å². The monoisotopic (exact) mass is 338 g/mol. The summed E-state index contributed by atoms with van der Waals surface area (Å²) in [4.78, 5) is 19.0. The number of hydrogen-bond donors (Lipinski definition) is 2. The zero-order valence-corrected chi connectivity index (χ0v) is 14.2. The fourth-order valence-electron chi connectivity index (χ4n) is 2.75. The lowest BCUT2D eigenvalue weighted by atomic mass is 10.1. The number of fused-ring (bicyclic) bond motifs is 1. The quantitative estimate of drug-likeness (QED) is 0.561.